The highest BCUT2D eigenvalue weighted by Crippen LogP contribution is 2.31. The molecule has 6 heteroatoms. The van der Waals surface area contributed by atoms with Crippen molar-refractivity contribution in [2.75, 3.05) is 14.2 Å². The molecule has 1 aromatic carbocycles. The molecular formula is C11H10Cl2O4. The summed E-state index contributed by atoms with van der Waals surface area (Å²) in [6, 6.07) is 2.79. The van der Waals surface area contributed by atoms with Gasteiger partial charge in [-0.1, -0.05) is 23.2 Å². The van der Waals surface area contributed by atoms with Crippen LogP contribution in [0.25, 0.3) is 0 Å². The minimum Gasteiger partial charge on any atom is -0.495 e. The van der Waals surface area contributed by atoms with Gasteiger partial charge in [0.2, 0.25) is 0 Å². The largest absolute Gasteiger partial charge is 0.495 e. The second-order valence-corrected chi connectivity index (χ2v) is 3.96. The predicted octanol–water partition coefficient (Wildman–Crippen LogP) is 2.75. The molecule has 92 valence electrons. The molecule has 17 heavy (non-hydrogen) atoms. The minimum atomic E-state index is -0.627. The Hall–Kier alpha value is -1.26. The lowest BCUT2D eigenvalue weighted by Gasteiger charge is -2.07. The van der Waals surface area contributed by atoms with Crippen molar-refractivity contribution in [2.24, 2.45) is 0 Å². The van der Waals surface area contributed by atoms with Crippen molar-refractivity contribution < 1.29 is 19.1 Å². The Morgan fingerprint density at radius 1 is 1.18 bits per heavy atom. The van der Waals surface area contributed by atoms with E-state index < -0.39 is 11.8 Å². The van der Waals surface area contributed by atoms with E-state index in [0.717, 1.165) is 0 Å². The quantitative estimate of drug-likeness (QED) is 0.482. The van der Waals surface area contributed by atoms with Gasteiger partial charge in [0.1, 0.15) is 12.2 Å². The number of rotatable bonds is 4. The Morgan fingerprint density at radius 3 is 2.35 bits per heavy atom. The topological polar surface area (TPSA) is 52.6 Å². The summed E-state index contributed by atoms with van der Waals surface area (Å²) in [4.78, 5) is 22.7. The predicted molar refractivity (Wildman–Crippen MR) is 64.0 cm³/mol. The molecule has 0 N–H and O–H groups in total. The Kier molecular flexibility index (Phi) is 4.78. The van der Waals surface area contributed by atoms with Gasteiger partial charge in [0.25, 0.3) is 0 Å². The molecule has 0 radical (unpaired) electrons. The van der Waals surface area contributed by atoms with Gasteiger partial charge in [-0.15, -0.1) is 0 Å². The average molecular weight is 277 g/mol. The van der Waals surface area contributed by atoms with Crippen molar-refractivity contribution >= 4 is 35.0 Å². The van der Waals surface area contributed by atoms with Crippen molar-refractivity contribution in [1.29, 1.82) is 0 Å². The molecule has 0 aliphatic heterocycles. The highest BCUT2D eigenvalue weighted by molar-refractivity contribution is 6.37. The number of ether oxygens (including phenoxy) is 2. The standard InChI is InChI=1S/C11H10Cl2O4/c1-16-10-4-7(12)6(3-8(10)13)9(14)5-11(15)17-2/h3-4H,5H2,1-2H3. The van der Waals surface area contributed by atoms with Crippen molar-refractivity contribution in [3.8, 4) is 5.75 Å². The van der Waals surface area contributed by atoms with Crippen LogP contribution in [0.2, 0.25) is 10.0 Å². The maximum atomic E-state index is 11.7. The van der Waals surface area contributed by atoms with E-state index in [1.54, 1.807) is 0 Å². The lowest BCUT2D eigenvalue weighted by Crippen LogP contribution is -2.10. The van der Waals surface area contributed by atoms with Crippen LogP contribution < -0.4 is 4.74 Å². The second-order valence-electron chi connectivity index (χ2n) is 3.14. The third-order valence-electron chi connectivity index (χ3n) is 2.07. The maximum Gasteiger partial charge on any atom is 0.313 e. The first-order chi connectivity index (χ1) is 7.99. The van der Waals surface area contributed by atoms with Crippen LogP contribution in [-0.2, 0) is 9.53 Å². The SMILES string of the molecule is COC(=O)CC(=O)c1cc(Cl)c(OC)cc1Cl. The molecule has 0 atom stereocenters. The zero-order valence-electron chi connectivity index (χ0n) is 9.25. The van der Waals surface area contributed by atoms with Gasteiger partial charge in [-0.05, 0) is 6.07 Å². The number of esters is 1. The third-order valence-corrected chi connectivity index (χ3v) is 2.68. The number of ketones is 1. The number of carbonyl (C=O) groups is 2. The molecule has 0 aliphatic rings. The first-order valence-electron chi connectivity index (χ1n) is 4.62. The zero-order valence-corrected chi connectivity index (χ0v) is 10.8. The number of halogens is 2. The maximum absolute atomic E-state index is 11.7. The molecule has 0 bridgehead atoms. The summed E-state index contributed by atoms with van der Waals surface area (Å²) >= 11 is 11.8. The fourth-order valence-electron chi connectivity index (χ4n) is 1.20. The van der Waals surface area contributed by atoms with E-state index in [4.69, 9.17) is 27.9 Å². The van der Waals surface area contributed by atoms with Crippen molar-refractivity contribution in [1.82, 2.24) is 0 Å². The number of hydrogen-bond donors (Lipinski definition) is 0. The smallest absolute Gasteiger partial charge is 0.313 e. The van der Waals surface area contributed by atoms with E-state index in [9.17, 15) is 9.59 Å². The molecule has 0 unspecified atom stereocenters. The average Bonchev–Trinajstić information content (AvgIpc) is 2.31. The molecule has 0 aromatic heterocycles. The highest BCUT2D eigenvalue weighted by atomic mass is 35.5. The zero-order chi connectivity index (χ0) is 13.0. The van der Waals surface area contributed by atoms with E-state index in [0.29, 0.717) is 5.75 Å². The van der Waals surface area contributed by atoms with Gasteiger partial charge < -0.3 is 9.47 Å². The van der Waals surface area contributed by atoms with Crippen LogP contribution in [0.5, 0.6) is 5.75 Å². The number of carbonyl (C=O) groups excluding carboxylic acids is 2. The highest BCUT2D eigenvalue weighted by Gasteiger charge is 2.17. The van der Waals surface area contributed by atoms with Crippen molar-refractivity contribution in [3.05, 3.63) is 27.7 Å². The summed E-state index contributed by atoms with van der Waals surface area (Å²) in [5.74, 6) is -0.712. The van der Waals surface area contributed by atoms with E-state index in [2.05, 4.69) is 4.74 Å². The Labute approximate surface area is 108 Å². The Morgan fingerprint density at radius 2 is 1.82 bits per heavy atom. The van der Waals surface area contributed by atoms with Gasteiger partial charge in [0.15, 0.2) is 5.78 Å². The molecule has 1 aromatic rings. The van der Waals surface area contributed by atoms with Gasteiger partial charge >= 0.3 is 5.97 Å². The monoisotopic (exact) mass is 276 g/mol. The van der Waals surface area contributed by atoms with E-state index >= 15 is 0 Å². The first kappa shape index (κ1) is 13.8. The van der Waals surface area contributed by atoms with Crippen LogP contribution in [0.4, 0.5) is 0 Å². The van der Waals surface area contributed by atoms with Crippen molar-refractivity contribution in [2.45, 2.75) is 6.42 Å². The van der Waals surface area contributed by atoms with E-state index in [1.807, 2.05) is 0 Å². The first-order valence-corrected chi connectivity index (χ1v) is 5.38. The molecule has 0 saturated carbocycles. The van der Waals surface area contributed by atoms with Gasteiger partial charge in [-0.3, -0.25) is 9.59 Å². The van der Waals surface area contributed by atoms with Gasteiger partial charge in [0, 0.05) is 11.6 Å². The number of Topliss-reactive ketones (excluding diaryl/α,β-unsaturated/α-hetero) is 1. The lowest BCUT2D eigenvalue weighted by atomic mass is 10.1. The fourth-order valence-corrected chi connectivity index (χ4v) is 1.70. The number of hydrogen-bond acceptors (Lipinski definition) is 4. The molecule has 0 amide bonds. The second kappa shape index (κ2) is 5.89. The molecule has 0 heterocycles. The summed E-state index contributed by atoms with van der Waals surface area (Å²) in [6.45, 7) is 0. The molecule has 4 nitrogen and oxygen atoms in total. The molecule has 0 fully saturated rings. The summed E-state index contributed by atoms with van der Waals surface area (Å²) in [7, 11) is 2.64. The summed E-state index contributed by atoms with van der Waals surface area (Å²) in [5, 5.41) is 0.435. The molecule has 1 rings (SSSR count). The molecular weight excluding hydrogens is 267 g/mol. The lowest BCUT2D eigenvalue weighted by molar-refractivity contribution is -0.139. The number of benzene rings is 1. The Bertz CT molecular complexity index is 457. The van der Waals surface area contributed by atoms with Gasteiger partial charge in [-0.2, -0.15) is 0 Å². The molecule has 0 saturated heterocycles. The summed E-state index contributed by atoms with van der Waals surface area (Å²) in [5.41, 5.74) is 0.169. The van der Waals surface area contributed by atoms with E-state index in [-0.39, 0.29) is 22.0 Å². The van der Waals surface area contributed by atoms with Crippen LogP contribution in [-0.4, -0.2) is 26.0 Å². The third kappa shape index (κ3) is 3.35. The Balaban J connectivity index is 3.02. The van der Waals surface area contributed by atoms with Crippen LogP contribution in [0.3, 0.4) is 0 Å². The fraction of sp³-hybridized carbons (Fsp3) is 0.273. The minimum absolute atomic E-state index is 0.169. The van der Waals surface area contributed by atoms with E-state index in [1.165, 1.54) is 26.4 Å². The summed E-state index contributed by atoms with van der Waals surface area (Å²) in [6.07, 6.45) is -0.376. The number of methoxy groups -OCH3 is 2. The van der Waals surface area contributed by atoms with Crippen LogP contribution in [0.15, 0.2) is 12.1 Å². The van der Waals surface area contributed by atoms with Crippen LogP contribution in [0, 0.1) is 0 Å². The van der Waals surface area contributed by atoms with Gasteiger partial charge in [0.05, 0.1) is 24.3 Å². The molecule has 0 spiro atoms. The molecule has 0 aliphatic carbocycles. The van der Waals surface area contributed by atoms with Crippen LogP contribution in [0.1, 0.15) is 16.8 Å². The van der Waals surface area contributed by atoms with Crippen molar-refractivity contribution in [3.63, 3.8) is 0 Å². The van der Waals surface area contributed by atoms with Crippen LogP contribution >= 0.6 is 23.2 Å². The van der Waals surface area contributed by atoms with Gasteiger partial charge in [-0.25, -0.2) is 0 Å². The normalized spacial score (nSPS) is 9.88. The summed E-state index contributed by atoms with van der Waals surface area (Å²) < 4.78 is 9.34.